The van der Waals surface area contributed by atoms with Crippen molar-refractivity contribution in [1.29, 1.82) is 0 Å². The number of rotatable bonds is 4. The first-order valence-electron chi connectivity index (χ1n) is 9.33. The summed E-state index contributed by atoms with van der Waals surface area (Å²) < 4.78 is 16.5. The average Bonchev–Trinajstić information content (AvgIpc) is 2.77. The Balaban J connectivity index is 1.30. The number of amides is 2. The number of carbonyl (C=O) groups excluding carboxylic acids is 2. The highest BCUT2D eigenvalue weighted by atomic mass is 16.6. The fraction of sp³-hybridized carbons (Fsp3) is 0.333. The normalized spacial score (nSPS) is 18.4. The fourth-order valence-electron chi connectivity index (χ4n) is 3.17. The first kappa shape index (κ1) is 18.3. The van der Waals surface area contributed by atoms with Crippen LogP contribution in [0, 0.1) is 0 Å². The molecule has 2 amide bonds. The van der Waals surface area contributed by atoms with Gasteiger partial charge in [0.1, 0.15) is 6.61 Å². The molecule has 146 valence electrons. The first-order valence-corrected chi connectivity index (χ1v) is 9.33. The van der Waals surface area contributed by atoms with E-state index < -0.39 is 6.10 Å². The number of benzene rings is 2. The molecule has 2 heterocycles. The summed E-state index contributed by atoms with van der Waals surface area (Å²) in [5.74, 6) is 0.986. The van der Waals surface area contributed by atoms with Crippen LogP contribution in [0.5, 0.6) is 11.5 Å². The van der Waals surface area contributed by atoms with Gasteiger partial charge in [-0.05, 0) is 29.8 Å². The molecule has 28 heavy (non-hydrogen) atoms. The van der Waals surface area contributed by atoms with Gasteiger partial charge in [-0.2, -0.15) is 0 Å². The molecular formula is C21H22N2O5. The minimum atomic E-state index is -0.683. The van der Waals surface area contributed by atoms with Crippen LogP contribution in [0.25, 0.3) is 0 Å². The zero-order chi connectivity index (χ0) is 19.3. The van der Waals surface area contributed by atoms with E-state index in [1.165, 1.54) is 0 Å². The molecule has 0 aromatic heterocycles. The van der Waals surface area contributed by atoms with Gasteiger partial charge in [0.25, 0.3) is 11.8 Å². The largest absolute Gasteiger partial charge is 0.485 e. The topological polar surface area (TPSA) is 77.1 Å². The summed E-state index contributed by atoms with van der Waals surface area (Å²) in [6.07, 6.45) is -0.683. The number of carbonyl (C=O) groups is 2. The molecule has 0 saturated carbocycles. The SMILES string of the molecule is O=C(NCc1ccc(C(=O)N2CCOCC2)cc1)[C@H]1COc2ccccc2O1. The van der Waals surface area contributed by atoms with Crippen molar-refractivity contribution < 1.29 is 23.8 Å². The van der Waals surface area contributed by atoms with Gasteiger partial charge in [-0.15, -0.1) is 0 Å². The Morgan fingerprint density at radius 3 is 2.46 bits per heavy atom. The third kappa shape index (κ3) is 4.09. The smallest absolute Gasteiger partial charge is 0.264 e. The lowest BCUT2D eigenvalue weighted by Crippen LogP contribution is -2.43. The molecule has 0 bridgehead atoms. The third-order valence-corrected chi connectivity index (χ3v) is 4.77. The fourth-order valence-corrected chi connectivity index (χ4v) is 3.17. The highest BCUT2D eigenvalue weighted by Crippen LogP contribution is 2.30. The number of nitrogens with zero attached hydrogens (tertiary/aromatic N) is 1. The summed E-state index contributed by atoms with van der Waals surface area (Å²) in [4.78, 5) is 26.6. The maximum atomic E-state index is 12.5. The van der Waals surface area contributed by atoms with Crippen molar-refractivity contribution in [2.24, 2.45) is 0 Å². The van der Waals surface area contributed by atoms with Crippen LogP contribution >= 0.6 is 0 Å². The highest BCUT2D eigenvalue weighted by molar-refractivity contribution is 5.94. The Morgan fingerprint density at radius 2 is 1.71 bits per heavy atom. The van der Waals surface area contributed by atoms with Crippen molar-refractivity contribution in [3.63, 3.8) is 0 Å². The van der Waals surface area contributed by atoms with E-state index in [9.17, 15) is 9.59 Å². The molecule has 1 saturated heterocycles. The van der Waals surface area contributed by atoms with E-state index in [2.05, 4.69) is 5.32 Å². The number of fused-ring (bicyclic) bond motifs is 1. The molecule has 1 fully saturated rings. The van der Waals surface area contributed by atoms with E-state index >= 15 is 0 Å². The Hall–Kier alpha value is -3.06. The molecule has 7 heteroatoms. The Kier molecular flexibility index (Phi) is 5.43. The lowest BCUT2D eigenvalue weighted by atomic mass is 10.1. The van der Waals surface area contributed by atoms with Crippen molar-refractivity contribution in [2.45, 2.75) is 12.6 Å². The van der Waals surface area contributed by atoms with Gasteiger partial charge in [0, 0.05) is 25.2 Å². The predicted octanol–water partition coefficient (Wildman–Crippen LogP) is 1.62. The number of ether oxygens (including phenoxy) is 3. The van der Waals surface area contributed by atoms with Crippen molar-refractivity contribution in [1.82, 2.24) is 10.2 Å². The first-order chi connectivity index (χ1) is 13.7. The van der Waals surface area contributed by atoms with Crippen LogP contribution in [-0.2, 0) is 16.1 Å². The van der Waals surface area contributed by atoms with Crippen LogP contribution in [-0.4, -0.2) is 55.7 Å². The van der Waals surface area contributed by atoms with Crippen molar-refractivity contribution >= 4 is 11.8 Å². The van der Waals surface area contributed by atoms with Gasteiger partial charge in [0.05, 0.1) is 13.2 Å². The van der Waals surface area contributed by atoms with Gasteiger partial charge >= 0.3 is 0 Å². The van der Waals surface area contributed by atoms with Crippen LogP contribution in [0.3, 0.4) is 0 Å². The molecule has 2 aromatic carbocycles. The molecule has 0 unspecified atom stereocenters. The van der Waals surface area contributed by atoms with Gasteiger partial charge in [0.2, 0.25) is 6.10 Å². The summed E-state index contributed by atoms with van der Waals surface area (Å²) >= 11 is 0. The van der Waals surface area contributed by atoms with E-state index in [0.717, 1.165) is 5.56 Å². The minimum Gasteiger partial charge on any atom is -0.485 e. The Bertz CT molecular complexity index is 846. The molecule has 2 aliphatic rings. The summed E-state index contributed by atoms with van der Waals surface area (Å²) in [7, 11) is 0. The number of para-hydroxylation sites is 2. The van der Waals surface area contributed by atoms with Crippen LogP contribution in [0.2, 0.25) is 0 Å². The zero-order valence-corrected chi connectivity index (χ0v) is 15.4. The minimum absolute atomic E-state index is 0.00491. The van der Waals surface area contributed by atoms with E-state index in [-0.39, 0.29) is 18.4 Å². The Labute approximate surface area is 163 Å². The highest BCUT2D eigenvalue weighted by Gasteiger charge is 2.27. The maximum Gasteiger partial charge on any atom is 0.264 e. The van der Waals surface area contributed by atoms with Crippen LogP contribution in [0.1, 0.15) is 15.9 Å². The molecule has 0 radical (unpaired) electrons. The van der Waals surface area contributed by atoms with Gasteiger partial charge < -0.3 is 24.4 Å². The summed E-state index contributed by atoms with van der Waals surface area (Å²) in [5, 5.41) is 2.86. The van der Waals surface area contributed by atoms with Crippen molar-refractivity contribution in [3.8, 4) is 11.5 Å². The van der Waals surface area contributed by atoms with Gasteiger partial charge in [-0.3, -0.25) is 9.59 Å². The lowest BCUT2D eigenvalue weighted by Gasteiger charge is -2.27. The second-order valence-corrected chi connectivity index (χ2v) is 6.68. The molecular weight excluding hydrogens is 360 g/mol. The van der Waals surface area contributed by atoms with Crippen molar-refractivity contribution in [2.75, 3.05) is 32.9 Å². The van der Waals surface area contributed by atoms with E-state index in [4.69, 9.17) is 14.2 Å². The molecule has 2 aliphatic heterocycles. The van der Waals surface area contributed by atoms with Gasteiger partial charge in [-0.25, -0.2) is 0 Å². The molecule has 0 aliphatic carbocycles. The van der Waals surface area contributed by atoms with E-state index in [1.54, 1.807) is 23.1 Å². The monoisotopic (exact) mass is 382 g/mol. The lowest BCUT2D eigenvalue weighted by molar-refractivity contribution is -0.130. The molecule has 7 nitrogen and oxygen atoms in total. The van der Waals surface area contributed by atoms with Crippen LogP contribution in [0.15, 0.2) is 48.5 Å². The third-order valence-electron chi connectivity index (χ3n) is 4.77. The molecule has 0 spiro atoms. The summed E-state index contributed by atoms with van der Waals surface area (Å²) in [6, 6.07) is 14.6. The van der Waals surface area contributed by atoms with Crippen LogP contribution < -0.4 is 14.8 Å². The Morgan fingerprint density at radius 1 is 1.00 bits per heavy atom. The predicted molar refractivity (Wildman–Crippen MR) is 101 cm³/mol. The van der Waals surface area contributed by atoms with Gasteiger partial charge in [0.15, 0.2) is 11.5 Å². The average molecular weight is 382 g/mol. The summed E-state index contributed by atoms with van der Waals surface area (Å²) in [6.45, 7) is 2.91. The number of nitrogens with one attached hydrogen (secondary N) is 1. The molecule has 2 aromatic rings. The second kappa shape index (κ2) is 8.31. The van der Waals surface area contributed by atoms with E-state index in [1.807, 2.05) is 30.3 Å². The van der Waals surface area contributed by atoms with Gasteiger partial charge in [-0.1, -0.05) is 24.3 Å². The second-order valence-electron chi connectivity index (χ2n) is 6.68. The van der Waals surface area contributed by atoms with Crippen molar-refractivity contribution in [3.05, 3.63) is 59.7 Å². The summed E-state index contributed by atoms with van der Waals surface area (Å²) in [5.41, 5.74) is 1.54. The molecule has 4 rings (SSSR count). The number of morpholine rings is 1. The molecule has 1 atom stereocenters. The van der Waals surface area contributed by atoms with E-state index in [0.29, 0.717) is 49.9 Å². The molecule has 1 N–H and O–H groups in total. The standard InChI is InChI=1S/C21H22N2O5/c24-20(19-14-27-17-3-1-2-4-18(17)28-19)22-13-15-5-7-16(8-6-15)21(25)23-9-11-26-12-10-23/h1-8,19H,9-14H2,(H,22,24)/t19-/m1/s1. The zero-order valence-electron chi connectivity index (χ0n) is 15.4. The number of hydrogen-bond acceptors (Lipinski definition) is 5. The maximum absolute atomic E-state index is 12.5. The van der Waals surface area contributed by atoms with Crippen LogP contribution in [0.4, 0.5) is 0 Å². The quantitative estimate of drug-likeness (QED) is 0.870. The number of hydrogen-bond donors (Lipinski definition) is 1.